The van der Waals surface area contributed by atoms with Crippen molar-refractivity contribution in [3.63, 3.8) is 0 Å². The number of nitrogens with one attached hydrogen (secondary N) is 2. The molecular weight excluding hydrogens is 482 g/mol. The highest BCUT2D eigenvalue weighted by Crippen LogP contribution is 2.35. The van der Waals surface area contributed by atoms with E-state index in [1.165, 1.54) is 29.6 Å². The molecule has 0 saturated carbocycles. The van der Waals surface area contributed by atoms with Gasteiger partial charge in [-0.3, -0.25) is 19.7 Å². The summed E-state index contributed by atoms with van der Waals surface area (Å²) in [5.74, 6) is -1.74. The van der Waals surface area contributed by atoms with Crippen molar-refractivity contribution in [3.8, 4) is 11.3 Å². The zero-order valence-electron chi connectivity index (χ0n) is 17.3. The molecule has 2 aromatic heterocycles. The van der Waals surface area contributed by atoms with Crippen molar-refractivity contribution in [2.45, 2.75) is 13.0 Å². The first-order valence-corrected chi connectivity index (χ1v) is 12.0. The average Bonchev–Trinajstić information content (AvgIpc) is 3.43. The van der Waals surface area contributed by atoms with E-state index in [2.05, 4.69) is 15.6 Å². The van der Waals surface area contributed by atoms with Crippen molar-refractivity contribution in [2.75, 3.05) is 11.9 Å². The molecule has 0 saturated heterocycles. The first kappa shape index (κ1) is 22.9. The number of halogens is 1. The van der Waals surface area contributed by atoms with Crippen molar-refractivity contribution in [2.24, 2.45) is 0 Å². The predicted molar refractivity (Wildman–Crippen MR) is 131 cm³/mol. The van der Waals surface area contributed by atoms with Crippen LogP contribution in [-0.4, -0.2) is 35.4 Å². The highest BCUT2D eigenvalue weighted by atomic mass is 35.5. The number of aromatic nitrogens is 1. The number of benzene rings is 2. The van der Waals surface area contributed by atoms with E-state index in [4.69, 9.17) is 16.3 Å². The topological polar surface area (TPSA) is 97.4 Å². The second-order valence-corrected chi connectivity index (χ2v) is 9.24. The summed E-state index contributed by atoms with van der Waals surface area (Å²) in [6.45, 7) is 1.06. The molecule has 0 aliphatic rings. The Bertz CT molecular complexity index is 1320. The smallest absolute Gasteiger partial charge is 0.326 e. The average molecular weight is 500 g/mol. The number of amides is 2. The Morgan fingerprint density at radius 2 is 1.82 bits per heavy atom. The van der Waals surface area contributed by atoms with E-state index < -0.39 is 30.4 Å². The molecule has 33 heavy (non-hydrogen) atoms. The molecule has 10 heteroatoms. The van der Waals surface area contributed by atoms with Gasteiger partial charge in [-0.15, -0.1) is 22.7 Å². The van der Waals surface area contributed by atoms with Crippen molar-refractivity contribution in [1.82, 2.24) is 10.3 Å². The Morgan fingerprint density at radius 3 is 2.58 bits per heavy atom. The number of thiophene rings is 1. The molecule has 4 aromatic rings. The van der Waals surface area contributed by atoms with Gasteiger partial charge < -0.3 is 10.1 Å². The number of thiazole rings is 1. The fraction of sp³-hybridized carbons (Fsp3) is 0.130. The molecule has 0 bridgehead atoms. The van der Waals surface area contributed by atoms with Crippen molar-refractivity contribution in [3.05, 3.63) is 69.9 Å². The van der Waals surface area contributed by atoms with Crippen LogP contribution in [0.25, 0.3) is 21.3 Å². The largest absolute Gasteiger partial charge is 0.451 e. The summed E-state index contributed by atoms with van der Waals surface area (Å²) < 4.78 is 6.01. The Hall–Kier alpha value is -3.27. The van der Waals surface area contributed by atoms with Crippen LogP contribution in [0.3, 0.4) is 0 Å². The van der Waals surface area contributed by atoms with Crippen molar-refractivity contribution >= 4 is 67.3 Å². The summed E-state index contributed by atoms with van der Waals surface area (Å²) >= 11 is 8.80. The van der Waals surface area contributed by atoms with E-state index in [1.807, 2.05) is 60.0 Å². The van der Waals surface area contributed by atoms with Gasteiger partial charge >= 0.3 is 5.97 Å². The fourth-order valence-electron chi connectivity index (χ4n) is 2.96. The summed E-state index contributed by atoms with van der Waals surface area (Å²) in [6.07, 6.45) is -1.06. The number of esters is 1. The lowest BCUT2D eigenvalue weighted by Gasteiger charge is -2.12. The van der Waals surface area contributed by atoms with Crippen LogP contribution in [0, 0.1) is 0 Å². The summed E-state index contributed by atoms with van der Waals surface area (Å²) in [5, 5.41) is 8.47. The van der Waals surface area contributed by atoms with Crippen LogP contribution in [0.5, 0.6) is 0 Å². The molecule has 0 aliphatic heterocycles. The fourth-order valence-corrected chi connectivity index (χ4v) is 5.12. The number of hydrogen-bond donors (Lipinski definition) is 2. The van der Waals surface area contributed by atoms with Gasteiger partial charge in [-0.1, -0.05) is 60.1 Å². The highest BCUT2D eigenvalue weighted by molar-refractivity contribution is 7.21. The summed E-state index contributed by atoms with van der Waals surface area (Å²) in [5.41, 5.74) is 1.67. The lowest BCUT2D eigenvalue weighted by molar-refractivity contribution is -0.152. The maximum Gasteiger partial charge on any atom is 0.326 e. The third-order valence-corrected chi connectivity index (χ3v) is 7.05. The summed E-state index contributed by atoms with van der Waals surface area (Å²) in [4.78, 5) is 41.6. The standard InChI is InChI=1S/C23H18ClN3O4S2/c1-13(21(29)27-23-26-16(12-32-23)14-7-3-2-4-8-14)31-18(28)11-25-22(30)20-19(24)15-9-5-6-10-17(15)33-20/h2-10,12-13H,11H2,1H3,(H,25,30)(H,26,27,29). The van der Waals surface area contributed by atoms with Crippen LogP contribution < -0.4 is 10.6 Å². The van der Waals surface area contributed by atoms with Gasteiger partial charge in [0.1, 0.15) is 11.4 Å². The van der Waals surface area contributed by atoms with Crippen molar-refractivity contribution < 1.29 is 19.1 Å². The number of carbonyl (C=O) groups excluding carboxylic acids is 3. The molecule has 168 valence electrons. The molecule has 2 heterocycles. The molecule has 2 aromatic carbocycles. The van der Waals surface area contributed by atoms with E-state index in [0.29, 0.717) is 15.0 Å². The van der Waals surface area contributed by atoms with E-state index >= 15 is 0 Å². The van der Waals surface area contributed by atoms with Gasteiger partial charge in [0.05, 0.1) is 10.7 Å². The minimum atomic E-state index is -1.06. The van der Waals surface area contributed by atoms with E-state index in [9.17, 15) is 14.4 Å². The normalized spacial score (nSPS) is 11.7. The number of hydrogen-bond acceptors (Lipinski definition) is 7. The van der Waals surface area contributed by atoms with Crippen LogP contribution in [0.4, 0.5) is 5.13 Å². The molecule has 2 amide bonds. The molecular formula is C23H18ClN3O4S2. The first-order valence-electron chi connectivity index (χ1n) is 9.89. The maximum atomic E-state index is 12.4. The number of anilines is 1. The van der Waals surface area contributed by atoms with Crippen LogP contribution >= 0.6 is 34.3 Å². The molecule has 0 radical (unpaired) electrons. The second kappa shape index (κ2) is 10.1. The lowest BCUT2D eigenvalue weighted by Crippen LogP contribution is -2.35. The van der Waals surface area contributed by atoms with Crippen LogP contribution in [0.1, 0.15) is 16.6 Å². The first-order chi connectivity index (χ1) is 15.9. The molecule has 0 fully saturated rings. The Kier molecular flexibility index (Phi) is 7.02. The molecule has 2 N–H and O–H groups in total. The minimum Gasteiger partial charge on any atom is -0.451 e. The van der Waals surface area contributed by atoms with Crippen LogP contribution in [0.15, 0.2) is 60.0 Å². The van der Waals surface area contributed by atoms with E-state index in [1.54, 1.807) is 0 Å². The van der Waals surface area contributed by atoms with Gasteiger partial charge in [0.15, 0.2) is 11.2 Å². The van der Waals surface area contributed by atoms with Crippen molar-refractivity contribution in [1.29, 1.82) is 0 Å². The number of carbonyl (C=O) groups is 3. The summed E-state index contributed by atoms with van der Waals surface area (Å²) in [7, 11) is 0. The lowest BCUT2D eigenvalue weighted by atomic mass is 10.2. The third kappa shape index (κ3) is 5.39. The van der Waals surface area contributed by atoms with Gasteiger partial charge in [-0.25, -0.2) is 4.98 Å². The van der Waals surface area contributed by atoms with Gasteiger partial charge in [0.25, 0.3) is 11.8 Å². The molecule has 0 aliphatic carbocycles. The maximum absolute atomic E-state index is 12.4. The van der Waals surface area contributed by atoms with Crippen LogP contribution in [0.2, 0.25) is 5.02 Å². The zero-order chi connectivity index (χ0) is 23.4. The molecule has 1 atom stereocenters. The molecule has 4 rings (SSSR count). The third-order valence-electron chi connectivity index (χ3n) is 4.62. The minimum absolute atomic E-state index is 0.314. The number of nitrogens with zero attached hydrogens (tertiary/aromatic N) is 1. The SMILES string of the molecule is CC(OC(=O)CNC(=O)c1sc2ccccc2c1Cl)C(=O)Nc1nc(-c2ccccc2)cs1. The van der Waals surface area contributed by atoms with Gasteiger partial charge in [-0.05, 0) is 13.0 Å². The number of rotatable bonds is 7. The predicted octanol–water partition coefficient (Wildman–Crippen LogP) is 4.98. The second-order valence-electron chi connectivity index (χ2n) is 6.95. The molecule has 7 nitrogen and oxygen atoms in total. The Morgan fingerprint density at radius 1 is 1.09 bits per heavy atom. The zero-order valence-corrected chi connectivity index (χ0v) is 19.7. The number of fused-ring (bicyclic) bond motifs is 1. The van der Waals surface area contributed by atoms with E-state index in [-0.39, 0.29) is 0 Å². The Labute approximate surface area is 202 Å². The van der Waals surface area contributed by atoms with E-state index in [0.717, 1.165) is 21.3 Å². The highest BCUT2D eigenvalue weighted by Gasteiger charge is 2.21. The number of ether oxygens (including phenoxy) is 1. The van der Waals surface area contributed by atoms with Gasteiger partial charge in [-0.2, -0.15) is 0 Å². The Balaban J connectivity index is 1.28. The van der Waals surface area contributed by atoms with Gasteiger partial charge in [0.2, 0.25) is 0 Å². The van der Waals surface area contributed by atoms with Crippen LogP contribution in [-0.2, 0) is 14.3 Å². The monoisotopic (exact) mass is 499 g/mol. The summed E-state index contributed by atoms with van der Waals surface area (Å²) in [6, 6.07) is 16.9. The molecule has 0 spiro atoms. The van der Waals surface area contributed by atoms with Gasteiger partial charge in [0, 0.05) is 21.0 Å². The quantitative estimate of drug-likeness (QED) is 0.349. The molecule has 1 unspecified atom stereocenters.